The Morgan fingerprint density at radius 2 is 2.05 bits per heavy atom. The van der Waals surface area contributed by atoms with E-state index in [1.807, 2.05) is 32.0 Å². The van der Waals surface area contributed by atoms with Crippen molar-refractivity contribution in [1.29, 1.82) is 0 Å². The van der Waals surface area contributed by atoms with E-state index in [1.165, 1.54) is 5.56 Å². The van der Waals surface area contributed by atoms with Gasteiger partial charge in [0, 0.05) is 24.3 Å². The van der Waals surface area contributed by atoms with Crippen LogP contribution in [0.5, 0.6) is 0 Å². The first-order valence-corrected chi connectivity index (χ1v) is 7.36. The fourth-order valence-electron chi connectivity index (χ4n) is 2.90. The first kappa shape index (κ1) is 14.9. The van der Waals surface area contributed by atoms with Crippen LogP contribution in [-0.4, -0.2) is 23.8 Å². The van der Waals surface area contributed by atoms with E-state index >= 15 is 0 Å². The van der Waals surface area contributed by atoms with Gasteiger partial charge in [0.15, 0.2) is 0 Å². The van der Waals surface area contributed by atoms with E-state index in [9.17, 15) is 9.90 Å². The number of amides is 2. The van der Waals surface area contributed by atoms with E-state index in [4.69, 9.17) is 0 Å². The van der Waals surface area contributed by atoms with Gasteiger partial charge in [-0.1, -0.05) is 30.5 Å². The Bertz CT molecular complexity index is 474. The largest absolute Gasteiger partial charge is 0.396 e. The summed E-state index contributed by atoms with van der Waals surface area (Å²) in [7, 11) is 0. The molecule has 4 heteroatoms. The van der Waals surface area contributed by atoms with Crippen LogP contribution in [0.1, 0.15) is 36.8 Å². The van der Waals surface area contributed by atoms with Gasteiger partial charge in [-0.2, -0.15) is 0 Å². The molecule has 1 saturated carbocycles. The van der Waals surface area contributed by atoms with Gasteiger partial charge in [0.1, 0.15) is 0 Å². The number of hydrogen-bond donors (Lipinski definition) is 3. The second-order valence-electron chi connectivity index (χ2n) is 5.75. The van der Waals surface area contributed by atoms with Gasteiger partial charge in [0.25, 0.3) is 0 Å². The maximum Gasteiger partial charge on any atom is 0.319 e. The van der Waals surface area contributed by atoms with Crippen LogP contribution in [0.15, 0.2) is 18.2 Å². The molecule has 2 amide bonds. The van der Waals surface area contributed by atoms with Crippen molar-refractivity contribution in [2.45, 2.75) is 45.6 Å². The molecule has 1 fully saturated rings. The summed E-state index contributed by atoms with van der Waals surface area (Å²) in [6.07, 6.45) is 4.20. The first-order chi connectivity index (χ1) is 9.60. The summed E-state index contributed by atoms with van der Waals surface area (Å²) in [6, 6.07) is 5.86. The van der Waals surface area contributed by atoms with Crippen molar-refractivity contribution in [2.75, 3.05) is 11.9 Å². The molecule has 0 aromatic heterocycles. The number of aryl methyl sites for hydroxylation is 2. The van der Waals surface area contributed by atoms with Crippen LogP contribution in [0.4, 0.5) is 10.5 Å². The van der Waals surface area contributed by atoms with E-state index in [-0.39, 0.29) is 24.6 Å². The third-order valence-electron chi connectivity index (χ3n) is 4.09. The zero-order valence-corrected chi connectivity index (χ0v) is 12.3. The molecule has 0 unspecified atom stereocenters. The maximum atomic E-state index is 12.1. The Kier molecular flexibility index (Phi) is 5.01. The molecule has 0 spiro atoms. The molecule has 0 heterocycles. The predicted molar refractivity (Wildman–Crippen MR) is 80.9 cm³/mol. The standard InChI is InChI=1S/C16H24N2O2/c1-11-7-8-14(12(2)9-11)17-16(20)18-15-6-4-3-5-13(15)10-19/h7-9,13,15,19H,3-6,10H2,1-2H3,(H2,17,18,20)/t13-,15+/m0/s1. The maximum absolute atomic E-state index is 12.1. The number of benzene rings is 1. The number of anilines is 1. The molecule has 1 aromatic carbocycles. The Morgan fingerprint density at radius 1 is 1.30 bits per heavy atom. The molecule has 20 heavy (non-hydrogen) atoms. The fraction of sp³-hybridized carbons (Fsp3) is 0.562. The van der Waals surface area contributed by atoms with Crippen molar-refractivity contribution >= 4 is 11.7 Å². The Labute approximate surface area is 120 Å². The monoisotopic (exact) mass is 276 g/mol. The SMILES string of the molecule is Cc1ccc(NC(=O)N[C@@H]2CCCC[C@H]2CO)c(C)c1. The molecule has 0 saturated heterocycles. The second-order valence-corrected chi connectivity index (χ2v) is 5.75. The van der Waals surface area contributed by atoms with Crippen molar-refractivity contribution in [3.8, 4) is 0 Å². The lowest BCUT2D eigenvalue weighted by molar-refractivity contribution is 0.156. The van der Waals surface area contributed by atoms with E-state index in [0.717, 1.165) is 36.9 Å². The topological polar surface area (TPSA) is 61.4 Å². The lowest BCUT2D eigenvalue weighted by Crippen LogP contribution is -2.45. The van der Waals surface area contributed by atoms with Crippen LogP contribution in [0.2, 0.25) is 0 Å². The Morgan fingerprint density at radius 3 is 2.75 bits per heavy atom. The van der Waals surface area contributed by atoms with E-state index in [1.54, 1.807) is 0 Å². The first-order valence-electron chi connectivity index (χ1n) is 7.36. The molecule has 2 rings (SSSR count). The number of carbonyl (C=O) groups is 1. The highest BCUT2D eigenvalue weighted by Crippen LogP contribution is 2.24. The Balaban J connectivity index is 1.94. The summed E-state index contributed by atoms with van der Waals surface area (Å²) >= 11 is 0. The summed E-state index contributed by atoms with van der Waals surface area (Å²) in [6.45, 7) is 4.17. The molecule has 1 aliphatic rings. The van der Waals surface area contributed by atoms with Crippen LogP contribution >= 0.6 is 0 Å². The zero-order chi connectivity index (χ0) is 14.5. The number of rotatable bonds is 3. The predicted octanol–water partition coefficient (Wildman–Crippen LogP) is 2.98. The molecule has 3 N–H and O–H groups in total. The molecule has 0 bridgehead atoms. The fourth-order valence-corrected chi connectivity index (χ4v) is 2.90. The summed E-state index contributed by atoms with van der Waals surface area (Å²) in [5.41, 5.74) is 3.08. The van der Waals surface area contributed by atoms with Gasteiger partial charge in [-0.05, 0) is 38.3 Å². The summed E-state index contributed by atoms with van der Waals surface area (Å²) in [5.74, 6) is 0.189. The third-order valence-corrected chi connectivity index (χ3v) is 4.09. The second kappa shape index (κ2) is 6.75. The highest BCUT2D eigenvalue weighted by atomic mass is 16.3. The van der Waals surface area contributed by atoms with Crippen molar-refractivity contribution in [3.63, 3.8) is 0 Å². The quantitative estimate of drug-likeness (QED) is 0.795. The highest BCUT2D eigenvalue weighted by Gasteiger charge is 2.25. The molecule has 1 aliphatic carbocycles. The smallest absolute Gasteiger partial charge is 0.319 e. The van der Waals surface area contributed by atoms with Gasteiger partial charge in [0.2, 0.25) is 0 Å². The van der Waals surface area contributed by atoms with Gasteiger partial charge in [-0.15, -0.1) is 0 Å². The van der Waals surface area contributed by atoms with E-state index in [2.05, 4.69) is 10.6 Å². The zero-order valence-electron chi connectivity index (χ0n) is 12.3. The van der Waals surface area contributed by atoms with Crippen LogP contribution in [0.3, 0.4) is 0 Å². The van der Waals surface area contributed by atoms with Gasteiger partial charge in [-0.3, -0.25) is 0 Å². The minimum absolute atomic E-state index is 0.0829. The molecule has 0 radical (unpaired) electrons. The summed E-state index contributed by atoms with van der Waals surface area (Å²) in [4.78, 5) is 12.1. The van der Waals surface area contributed by atoms with E-state index < -0.39 is 0 Å². The minimum Gasteiger partial charge on any atom is -0.396 e. The van der Waals surface area contributed by atoms with Crippen molar-refractivity contribution in [2.24, 2.45) is 5.92 Å². The molecular formula is C16H24N2O2. The average molecular weight is 276 g/mol. The van der Waals surface area contributed by atoms with Gasteiger partial charge in [0.05, 0.1) is 0 Å². The van der Waals surface area contributed by atoms with Crippen molar-refractivity contribution < 1.29 is 9.90 Å². The number of carbonyl (C=O) groups excluding carboxylic acids is 1. The average Bonchev–Trinajstić information content (AvgIpc) is 2.42. The molecule has 0 aliphatic heterocycles. The molecule has 1 aromatic rings. The number of urea groups is 1. The van der Waals surface area contributed by atoms with Crippen LogP contribution in [0, 0.1) is 19.8 Å². The van der Waals surface area contributed by atoms with Crippen molar-refractivity contribution in [3.05, 3.63) is 29.3 Å². The van der Waals surface area contributed by atoms with Gasteiger partial charge >= 0.3 is 6.03 Å². The number of aliphatic hydroxyl groups is 1. The lowest BCUT2D eigenvalue weighted by Gasteiger charge is -2.30. The van der Waals surface area contributed by atoms with E-state index in [0.29, 0.717) is 0 Å². The molecule has 2 atom stereocenters. The minimum atomic E-state index is -0.178. The number of nitrogens with one attached hydrogen (secondary N) is 2. The Hall–Kier alpha value is -1.55. The van der Waals surface area contributed by atoms with Crippen molar-refractivity contribution in [1.82, 2.24) is 5.32 Å². The van der Waals surface area contributed by atoms with Crippen LogP contribution in [-0.2, 0) is 0 Å². The third kappa shape index (κ3) is 3.73. The molecule has 110 valence electrons. The number of hydrogen-bond acceptors (Lipinski definition) is 2. The number of aliphatic hydroxyl groups excluding tert-OH is 1. The van der Waals surface area contributed by atoms with Crippen LogP contribution < -0.4 is 10.6 Å². The normalized spacial score (nSPS) is 22.4. The summed E-state index contributed by atoms with van der Waals surface area (Å²) in [5, 5.41) is 15.3. The van der Waals surface area contributed by atoms with Gasteiger partial charge in [-0.25, -0.2) is 4.79 Å². The van der Waals surface area contributed by atoms with Gasteiger partial charge < -0.3 is 15.7 Å². The highest BCUT2D eigenvalue weighted by molar-refractivity contribution is 5.90. The van der Waals surface area contributed by atoms with Crippen LogP contribution in [0.25, 0.3) is 0 Å². The molecule has 4 nitrogen and oxygen atoms in total. The summed E-state index contributed by atoms with van der Waals surface area (Å²) < 4.78 is 0. The lowest BCUT2D eigenvalue weighted by atomic mass is 9.85. The molecular weight excluding hydrogens is 252 g/mol.